The van der Waals surface area contributed by atoms with E-state index in [1.54, 1.807) is 4.90 Å². The van der Waals surface area contributed by atoms with Crippen LogP contribution in [-0.2, 0) is 0 Å². The molecular formula is C11H15N5O6. The number of hydrogen-bond donors (Lipinski definition) is 1. The molecule has 0 unspecified atom stereocenters. The van der Waals surface area contributed by atoms with Gasteiger partial charge in [-0.05, 0) is 0 Å². The lowest BCUT2D eigenvalue weighted by Crippen LogP contribution is -2.48. The van der Waals surface area contributed by atoms with Crippen LogP contribution < -0.4 is 14.4 Å². The van der Waals surface area contributed by atoms with Crippen molar-refractivity contribution in [2.45, 2.75) is 0 Å². The molecule has 1 saturated heterocycles. The number of amides is 1. The van der Waals surface area contributed by atoms with Gasteiger partial charge in [0.05, 0.1) is 19.1 Å². The third-order valence-corrected chi connectivity index (χ3v) is 3.21. The summed E-state index contributed by atoms with van der Waals surface area (Å²) >= 11 is 0. The van der Waals surface area contributed by atoms with Crippen LogP contribution in [0.1, 0.15) is 0 Å². The molecule has 0 saturated carbocycles. The van der Waals surface area contributed by atoms with Gasteiger partial charge in [0.25, 0.3) is 0 Å². The number of ether oxygens (including phenoxy) is 2. The molecule has 22 heavy (non-hydrogen) atoms. The van der Waals surface area contributed by atoms with E-state index in [9.17, 15) is 14.9 Å². The van der Waals surface area contributed by atoms with Crippen molar-refractivity contribution in [1.82, 2.24) is 14.9 Å². The van der Waals surface area contributed by atoms with Crippen molar-refractivity contribution in [2.24, 2.45) is 0 Å². The highest BCUT2D eigenvalue weighted by Gasteiger charge is 2.30. The zero-order valence-corrected chi connectivity index (χ0v) is 12.1. The molecule has 1 aliphatic heterocycles. The molecule has 1 aromatic rings. The minimum Gasteiger partial charge on any atom is -0.476 e. The van der Waals surface area contributed by atoms with Gasteiger partial charge in [-0.3, -0.25) is 10.1 Å². The van der Waals surface area contributed by atoms with Crippen molar-refractivity contribution in [3.63, 3.8) is 0 Å². The van der Waals surface area contributed by atoms with E-state index in [1.807, 2.05) is 0 Å². The molecule has 0 spiro atoms. The number of piperazine rings is 1. The maximum atomic E-state index is 11.0. The molecule has 0 aromatic carbocycles. The molecule has 11 nitrogen and oxygen atoms in total. The van der Waals surface area contributed by atoms with Crippen LogP contribution in [0.5, 0.6) is 11.8 Å². The van der Waals surface area contributed by atoms with Crippen LogP contribution in [0.25, 0.3) is 0 Å². The van der Waals surface area contributed by atoms with Crippen LogP contribution in [-0.4, -0.2) is 71.4 Å². The second kappa shape index (κ2) is 6.28. The Morgan fingerprint density at radius 2 is 1.68 bits per heavy atom. The lowest BCUT2D eigenvalue weighted by atomic mass is 10.3. The lowest BCUT2D eigenvalue weighted by Gasteiger charge is -2.33. The highest BCUT2D eigenvalue weighted by Crippen LogP contribution is 2.35. The van der Waals surface area contributed by atoms with Crippen LogP contribution in [0.4, 0.5) is 16.4 Å². The molecule has 120 valence electrons. The fraction of sp³-hybridized carbons (Fsp3) is 0.545. The zero-order valence-electron chi connectivity index (χ0n) is 12.1. The van der Waals surface area contributed by atoms with E-state index < -0.39 is 16.7 Å². The Morgan fingerprint density at radius 3 is 2.05 bits per heavy atom. The summed E-state index contributed by atoms with van der Waals surface area (Å²) in [6.07, 6.45) is -0.987. The summed E-state index contributed by atoms with van der Waals surface area (Å²) in [6, 6.07) is 0. The van der Waals surface area contributed by atoms with E-state index in [1.165, 1.54) is 19.1 Å². The Kier molecular flexibility index (Phi) is 4.44. The van der Waals surface area contributed by atoms with Crippen LogP contribution in [0, 0.1) is 10.1 Å². The van der Waals surface area contributed by atoms with Gasteiger partial charge in [0.2, 0.25) is 5.95 Å². The van der Waals surface area contributed by atoms with Crippen LogP contribution in [0.2, 0.25) is 0 Å². The van der Waals surface area contributed by atoms with Crippen LogP contribution in [0.3, 0.4) is 0 Å². The monoisotopic (exact) mass is 313 g/mol. The first-order valence-corrected chi connectivity index (χ1v) is 6.35. The lowest BCUT2D eigenvalue weighted by molar-refractivity contribution is -0.387. The molecule has 11 heteroatoms. The number of aromatic nitrogens is 2. The van der Waals surface area contributed by atoms with Gasteiger partial charge in [0.15, 0.2) is 0 Å². The normalized spacial score (nSPS) is 14.6. The summed E-state index contributed by atoms with van der Waals surface area (Å²) < 4.78 is 9.87. The molecule has 0 bridgehead atoms. The average Bonchev–Trinajstić information content (AvgIpc) is 2.53. The second-order valence-corrected chi connectivity index (χ2v) is 4.40. The Morgan fingerprint density at radius 1 is 1.18 bits per heavy atom. The molecule has 1 fully saturated rings. The van der Waals surface area contributed by atoms with Gasteiger partial charge in [-0.2, -0.15) is 9.97 Å². The predicted molar refractivity (Wildman–Crippen MR) is 73.6 cm³/mol. The summed E-state index contributed by atoms with van der Waals surface area (Å²) in [5.41, 5.74) is -0.446. The SMILES string of the molecule is COc1nc(N2CCN(C(=O)O)CC2)nc(OC)c1[N+](=O)[O-]. The molecule has 1 aromatic heterocycles. The van der Waals surface area contributed by atoms with Crippen molar-refractivity contribution in [3.05, 3.63) is 10.1 Å². The maximum absolute atomic E-state index is 11.0. The van der Waals surface area contributed by atoms with E-state index in [-0.39, 0.29) is 17.7 Å². The van der Waals surface area contributed by atoms with E-state index in [2.05, 4.69) is 9.97 Å². The smallest absolute Gasteiger partial charge is 0.407 e. The molecule has 1 amide bonds. The van der Waals surface area contributed by atoms with Gasteiger partial charge in [0, 0.05) is 26.2 Å². The van der Waals surface area contributed by atoms with Gasteiger partial charge in [-0.25, -0.2) is 4.79 Å². The fourth-order valence-electron chi connectivity index (χ4n) is 2.08. The second-order valence-electron chi connectivity index (χ2n) is 4.40. The molecule has 2 rings (SSSR count). The Labute approximate surface area is 125 Å². The van der Waals surface area contributed by atoms with Crippen molar-refractivity contribution < 1.29 is 24.3 Å². The number of carboxylic acid groups (broad SMARTS) is 1. The first kappa shape index (κ1) is 15.5. The van der Waals surface area contributed by atoms with Gasteiger partial charge in [-0.1, -0.05) is 0 Å². The highest BCUT2D eigenvalue weighted by atomic mass is 16.6. The topological polar surface area (TPSA) is 131 Å². The standard InChI is InChI=1S/C11H15N5O6/c1-21-8-7(16(19)20)9(22-2)13-10(12-8)14-3-5-15(6-4-14)11(17)18/h3-6H2,1-2H3,(H,17,18). The third-order valence-electron chi connectivity index (χ3n) is 3.21. The summed E-state index contributed by atoms with van der Waals surface area (Å²) in [5, 5.41) is 20.0. The number of nitrogens with zero attached hydrogens (tertiary/aromatic N) is 5. The van der Waals surface area contributed by atoms with Crippen molar-refractivity contribution >= 4 is 17.7 Å². The first-order chi connectivity index (χ1) is 10.5. The average molecular weight is 313 g/mol. The van der Waals surface area contributed by atoms with Gasteiger partial charge >= 0.3 is 23.5 Å². The van der Waals surface area contributed by atoms with Crippen LogP contribution >= 0.6 is 0 Å². The first-order valence-electron chi connectivity index (χ1n) is 6.35. The van der Waals surface area contributed by atoms with Crippen molar-refractivity contribution in [3.8, 4) is 11.8 Å². The van der Waals surface area contributed by atoms with Gasteiger partial charge in [-0.15, -0.1) is 0 Å². The number of hydrogen-bond acceptors (Lipinski definition) is 8. The Bertz CT molecular complexity index is 561. The largest absolute Gasteiger partial charge is 0.476 e. The number of methoxy groups -OCH3 is 2. The minimum absolute atomic E-state index is 0.198. The fourth-order valence-corrected chi connectivity index (χ4v) is 2.08. The summed E-state index contributed by atoms with van der Waals surface area (Å²) in [7, 11) is 2.53. The highest BCUT2D eigenvalue weighted by molar-refractivity contribution is 5.65. The summed E-state index contributed by atoms with van der Waals surface area (Å²) in [4.78, 5) is 32.3. The molecule has 0 aliphatic carbocycles. The number of carbonyl (C=O) groups is 1. The molecule has 1 N–H and O–H groups in total. The van der Waals surface area contributed by atoms with E-state index >= 15 is 0 Å². The quantitative estimate of drug-likeness (QED) is 0.611. The van der Waals surface area contributed by atoms with E-state index in [0.29, 0.717) is 26.2 Å². The Hall–Kier alpha value is -2.85. The van der Waals surface area contributed by atoms with Crippen molar-refractivity contribution in [2.75, 3.05) is 45.3 Å². The maximum Gasteiger partial charge on any atom is 0.407 e. The molecule has 2 heterocycles. The number of nitro groups is 1. The van der Waals surface area contributed by atoms with Gasteiger partial charge < -0.3 is 24.4 Å². The third kappa shape index (κ3) is 2.92. The molecule has 0 atom stereocenters. The summed E-state index contributed by atoms with van der Waals surface area (Å²) in [5.74, 6) is -0.204. The molecular weight excluding hydrogens is 298 g/mol. The number of rotatable bonds is 4. The van der Waals surface area contributed by atoms with Crippen LogP contribution in [0.15, 0.2) is 0 Å². The summed E-state index contributed by atoms with van der Waals surface area (Å²) in [6.45, 7) is 1.33. The minimum atomic E-state index is -0.987. The Balaban J connectivity index is 2.29. The number of anilines is 1. The van der Waals surface area contributed by atoms with Gasteiger partial charge in [0.1, 0.15) is 0 Å². The molecule has 1 aliphatic rings. The zero-order chi connectivity index (χ0) is 16.3. The predicted octanol–water partition coefficient (Wildman–Crippen LogP) is 0.202. The van der Waals surface area contributed by atoms with Crippen molar-refractivity contribution in [1.29, 1.82) is 0 Å². The van der Waals surface area contributed by atoms with E-state index in [4.69, 9.17) is 14.6 Å². The molecule has 0 radical (unpaired) electrons. The van der Waals surface area contributed by atoms with E-state index in [0.717, 1.165) is 0 Å².